The van der Waals surface area contributed by atoms with Crippen molar-refractivity contribution in [3.63, 3.8) is 0 Å². The molecule has 2 aromatic heterocycles. The lowest BCUT2D eigenvalue weighted by Gasteiger charge is -2.14. The molecule has 19 heavy (non-hydrogen) atoms. The molecule has 3 nitrogen and oxygen atoms in total. The summed E-state index contributed by atoms with van der Waals surface area (Å²) in [5.74, 6) is 0.521. The normalized spacial score (nSPS) is 11.3. The van der Waals surface area contributed by atoms with E-state index >= 15 is 0 Å². The summed E-state index contributed by atoms with van der Waals surface area (Å²) < 4.78 is 0. The zero-order valence-electron chi connectivity index (χ0n) is 11.0. The van der Waals surface area contributed by atoms with E-state index in [2.05, 4.69) is 32.7 Å². The zero-order chi connectivity index (χ0) is 13.5. The highest BCUT2D eigenvalue weighted by Crippen LogP contribution is 2.14. The lowest BCUT2D eigenvalue weighted by molar-refractivity contribution is 0.315. The first kappa shape index (κ1) is 14.9. The summed E-state index contributed by atoms with van der Waals surface area (Å²) in [5, 5.41) is 5.37. The molecule has 0 aromatic carbocycles. The lowest BCUT2D eigenvalue weighted by Crippen LogP contribution is -2.19. The Balaban J connectivity index is 1.61. The van der Waals surface area contributed by atoms with E-state index < -0.39 is 0 Å². The Kier molecular flexibility index (Phi) is 6.23. The van der Waals surface area contributed by atoms with Gasteiger partial charge in [0.1, 0.15) is 0 Å². The highest BCUT2D eigenvalue weighted by molar-refractivity contribution is 7.09. The summed E-state index contributed by atoms with van der Waals surface area (Å²) in [4.78, 5) is 11.1. The number of halogens is 1. The third-order valence-electron chi connectivity index (χ3n) is 2.83. The Morgan fingerprint density at radius 1 is 1.26 bits per heavy atom. The summed E-state index contributed by atoms with van der Waals surface area (Å²) in [7, 11) is 2.15. The monoisotopic (exact) mass is 315 g/mol. The van der Waals surface area contributed by atoms with Gasteiger partial charge < -0.3 is 4.90 Å². The molecule has 0 aliphatic carbocycles. The molecule has 6 heteroatoms. The number of hydrogen-bond acceptors (Lipinski definition) is 5. The molecule has 2 rings (SSSR count). The van der Waals surface area contributed by atoms with Crippen molar-refractivity contribution in [2.45, 2.75) is 31.7 Å². The predicted octanol–water partition coefficient (Wildman–Crippen LogP) is 3.79. The molecule has 0 aliphatic rings. The molecule has 0 spiro atoms. The molecule has 0 aliphatic heterocycles. The van der Waals surface area contributed by atoms with Gasteiger partial charge >= 0.3 is 0 Å². The summed E-state index contributed by atoms with van der Waals surface area (Å²) in [6.07, 6.45) is 3.43. The zero-order valence-corrected chi connectivity index (χ0v) is 13.4. The second kappa shape index (κ2) is 7.94. The second-order valence-electron chi connectivity index (χ2n) is 4.54. The van der Waals surface area contributed by atoms with Crippen molar-refractivity contribution in [3.05, 3.63) is 32.7 Å². The Labute approximate surface area is 127 Å². The quantitative estimate of drug-likeness (QED) is 0.548. The van der Waals surface area contributed by atoms with Crippen LogP contribution in [0, 0.1) is 0 Å². The first-order valence-corrected chi connectivity index (χ1v) is 8.68. The number of hydrogen-bond donors (Lipinski definition) is 0. The minimum atomic E-state index is 0.521. The maximum atomic E-state index is 5.74. The van der Waals surface area contributed by atoms with Gasteiger partial charge in [0, 0.05) is 17.3 Å². The fourth-order valence-corrected chi connectivity index (χ4v) is 3.47. The van der Waals surface area contributed by atoms with Crippen molar-refractivity contribution in [3.8, 4) is 0 Å². The van der Waals surface area contributed by atoms with Crippen LogP contribution in [-0.4, -0.2) is 28.5 Å². The van der Waals surface area contributed by atoms with Crippen LogP contribution in [0.5, 0.6) is 0 Å². The highest BCUT2D eigenvalue weighted by atomic mass is 35.5. The average Bonchev–Trinajstić information content (AvgIpc) is 3.05. The number of rotatable bonds is 8. The van der Waals surface area contributed by atoms with Crippen molar-refractivity contribution >= 4 is 34.3 Å². The van der Waals surface area contributed by atoms with Crippen molar-refractivity contribution in [2.24, 2.45) is 0 Å². The molecule has 0 bridgehead atoms. The van der Waals surface area contributed by atoms with E-state index in [1.807, 2.05) is 5.51 Å². The van der Waals surface area contributed by atoms with E-state index in [4.69, 9.17) is 11.6 Å². The van der Waals surface area contributed by atoms with Gasteiger partial charge in [-0.25, -0.2) is 9.97 Å². The van der Waals surface area contributed by atoms with Crippen molar-refractivity contribution in [1.82, 2.24) is 14.9 Å². The Hall–Kier alpha value is -0.490. The summed E-state index contributed by atoms with van der Waals surface area (Å²) in [5.41, 5.74) is 4.06. The van der Waals surface area contributed by atoms with Crippen LogP contribution >= 0.6 is 34.3 Å². The molecular formula is C13H18ClN3S2. The van der Waals surface area contributed by atoms with Crippen molar-refractivity contribution < 1.29 is 0 Å². The minimum absolute atomic E-state index is 0.521. The van der Waals surface area contributed by atoms with Gasteiger partial charge in [0.05, 0.1) is 27.8 Å². The maximum absolute atomic E-state index is 5.74. The van der Waals surface area contributed by atoms with E-state index in [1.165, 1.54) is 23.5 Å². The Bertz CT molecular complexity index is 470. The van der Waals surface area contributed by atoms with E-state index in [9.17, 15) is 0 Å². The third-order valence-corrected chi connectivity index (χ3v) is 4.70. The summed E-state index contributed by atoms with van der Waals surface area (Å²) in [6.45, 7) is 2.04. The smallest absolute Gasteiger partial charge is 0.0928 e. The first-order valence-electron chi connectivity index (χ1n) is 6.33. The topological polar surface area (TPSA) is 29.0 Å². The summed E-state index contributed by atoms with van der Waals surface area (Å²) >= 11 is 9.12. The predicted molar refractivity (Wildman–Crippen MR) is 83.1 cm³/mol. The molecule has 0 radical (unpaired) electrons. The van der Waals surface area contributed by atoms with Crippen LogP contribution in [0.3, 0.4) is 0 Å². The molecule has 0 amide bonds. The second-order valence-corrected chi connectivity index (χ2v) is 6.47. The number of aryl methyl sites for hydroxylation is 1. The molecule has 104 valence electrons. The van der Waals surface area contributed by atoms with Gasteiger partial charge in [-0.3, -0.25) is 0 Å². The largest absolute Gasteiger partial charge is 0.301 e. The number of thiazole rings is 2. The van der Waals surface area contributed by atoms with Crippen LogP contribution in [0.4, 0.5) is 0 Å². The van der Waals surface area contributed by atoms with Gasteiger partial charge in [-0.2, -0.15) is 0 Å². The molecule has 0 fully saturated rings. The van der Waals surface area contributed by atoms with Crippen molar-refractivity contribution in [1.29, 1.82) is 0 Å². The number of unbranched alkanes of at least 4 members (excludes halogenated alkanes) is 1. The standard InChI is InChI=1S/C13H18ClN3S2/c1-17(7-12-8-18-10-15-12)5-3-2-4-13-16-11(6-14)9-19-13/h8-10H,2-7H2,1H3. The minimum Gasteiger partial charge on any atom is -0.301 e. The third kappa shape index (κ3) is 5.18. The van der Waals surface area contributed by atoms with Crippen LogP contribution in [0.2, 0.25) is 0 Å². The van der Waals surface area contributed by atoms with E-state index in [-0.39, 0.29) is 0 Å². The van der Waals surface area contributed by atoms with Gasteiger partial charge in [0.25, 0.3) is 0 Å². The fourth-order valence-electron chi connectivity index (χ4n) is 1.85. The molecule has 2 aromatic rings. The van der Waals surface area contributed by atoms with Gasteiger partial charge in [0.2, 0.25) is 0 Å². The highest BCUT2D eigenvalue weighted by Gasteiger charge is 2.04. The number of alkyl halides is 1. The molecule has 0 N–H and O–H groups in total. The Morgan fingerprint density at radius 3 is 2.84 bits per heavy atom. The van der Waals surface area contributed by atoms with Crippen LogP contribution in [0.15, 0.2) is 16.3 Å². The molecule has 0 atom stereocenters. The van der Waals surface area contributed by atoms with Crippen LogP contribution in [0.1, 0.15) is 29.2 Å². The van der Waals surface area contributed by atoms with E-state index in [0.29, 0.717) is 5.88 Å². The maximum Gasteiger partial charge on any atom is 0.0928 e. The first-order chi connectivity index (χ1) is 9.28. The Morgan fingerprint density at radius 2 is 2.16 bits per heavy atom. The molecule has 0 unspecified atom stereocenters. The molecule has 0 saturated carbocycles. The van der Waals surface area contributed by atoms with Gasteiger partial charge in [-0.15, -0.1) is 34.3 Å². The summed E-state index contributed by atoms with van der Waals surface area (Å²) in [6, 6.07) is 0. The van der Waals surface area contributed by atoms with Crippen molar-refractivity contribution in [2.75, 3.05) is 13.6 Å². The number of nitrogens with zero attached hydrogens (tertiary/aromatic N) is 3. The lowest BCUT2D eigenvalue weighted by atomic mass is 10.2. The fraction of sp³-hybridized carbons (Fsp3) is 0.538. The van der Waals surface area contributed by atoms with Gasteiger partial charge in [0.15, 0.2) is 0 Å². The molecular weight excluding hydrogens is 298 g/mol. The van der Waals surface area contributed by atoms with E-state index in [1.54, 1.807) is 22.7 Å². The molecule has 2 heterocycles. The van der Waals surface area contributed by atoms with Crippen LogP contribution in [-0.2, 0) is 18.8 Å². The average molecular weight is 316 g/mol. The van der Waals surface area contributed by atoms with Gasteiger partial charge in [-0.1, -0.05) is 0 Å². The van der Waals surface area contributed by atoms with Crippen LogP contribution in [0.25, 0.3) is 0 Å². The number of aromatic nitrogens is 2. The van der Waals surface area contributed by atoms with Gasteiger partial charge in [-0.05, 0) is 32.9 Å². The van der Waals surface area contributed by atoms with E-state index in [0.717, 1.165) is 25.2 Å². The molecule has 0 saturated heterocycles. The SMILES string of the molecule is CN(CCCCc1nc(CCl)cs1)Cc1cscn1. The van der Waals surface area contributed by atoms with Crippen LogP contribution < -0.4 is 0 Å².